The van der Waals surface area contributed by atoms with Crippen molar-refractivity contribution in [1.29, 1.82) is 0 Å². The normalized spacial score (nSPS) is 3.27. The largest absolute Gasteiger partial charge is 3.00 e. The van der Waals surface area contributed by atoms with E-state index in [1.54, 1.807) is 0 Å². The molecule has 0 heterocycles. The Morgan fingerprint density at radius 2 is 0.364 bits per heavy atom. The summed E-state index contributed by atoms with van der Waals surface area (Å²) in [4.78, 5) is 48.7. The van der Waals surface area contributed by atoms with Gasteiger partial charge in [-0.2, -0.15) is 0 Å². The second-order valence-corrected chi connectivity index (χ2v) is 0.490. The Bertz CT molecular complexity index is 126. The molecule has 22 heteroatoms. The first-order chi connectivity index (χ1) is 8.49. The minimum atomic E-state index is 0. The number of hydrogen-bond acceptors (Lipinski definition) is 12. The molecule has 0 bridgehead atoms. The molecule has 6 N–H and O–H groups in total. The molecule has 0 rings (SSSR count). The van der Waals surface area contributed by atoms with Crippen LogP contribution in [0.2, 0.25) is 0 Å². The van der Waals surface area contributed by atoms with Gasteiger partial charge >= 0.3 is 108 Å². The van der Waals surface area contributed by atoms with Crippen LogP contribution in [0.5, 0.6) is 0 Å². The third-order valence-electron chi connectivity index (χ3n) is 0. The van der Waals surface area contributed by atoms with E-state index in [2.05, 4.69) is 0 Å². The van der Waals surface area contributed by atoms with E-state index < -0.39 is 0 Å². The van der Waals surface area contributed by atoms with Gasteiger partial charge < -0.3 is 31.2 Å². The van der Waals surface area contributed by atoms with Crippen LogP contribution in [-0.4, -0.2) is 31.2 Å². The predicted molar refractivity (Wildman–Crippen MR) is 45.5 cm³/mol. The first kappa shape index (κ1) is 67.3. The summed E-state index contributed by atoms with van der Waals surface area (Å²) in [5.41, 5.74) is 0. The van der Waals surface area contributed by atoms with Gasteiger partial charge in [-0.15, -0.1) is 29.4 Å². The Hall–Kier alpha value is 0.0234. The van der Waals surface area contributed by atoms with E-state index in [-0.39, 0.29) is 108 Å². The fourth-order valence-electron chi connectivity index (χ4n) is 0. The van der Waals surface area contributed by atoms with E-state index in [4.69, 9.17) is 60.7 Å². The molecule has 114 valence electrons. The molecular weight excluding hydrogens is 448 g/mol. The van der Waals surface area contributed by atoms with Gasteiger partial charge in [-0.3, -0.25) is 0 Å². The van der Waals surface area contributed by atoms with Gasteiger partial charge in [0.1, 0.15) is 0 Å². The van der Waals surface area contributed by atoms with Crippen molar-refractivity contribution in [3.05, 3.63) is 29.4 Å². The Kier molecular flexibility index (Phi) is 711. The van der Waals surface area contributed by atoms with Gasteiger partial charge in [-0.25, -0.2) is 0 Å². The fraction of sp³-hybridized carbons (Fsp3) is 0. The van der Waals surface area contributed by atoms with Crippen LogP contribution in [0.25, 0.3) is 0 Å². The van der Waals surface area contributed by atoms with Gasteiger partial charge in [0, 0.05) is 0 Å². The second kappa shape index (κ2) is 232. The topological polar surface area (TPSA) is 298 Å². The van der Waals surface area contributed by atoms with Gasteiger partial charge in [0.05, 0.1) is 0 Å². The van der Waals surface area contributed by atoms with Crippen LogP contribution in [0.15, 0.2) is 32.0 Å². The standard InChI is InChI=1S/6HNO2.3Na.Rh/c6*2-1-3;;;;/h6*(H,2,3);;;;/q;;;;;;3*+1;+3. The maximum Gasteiger partial charge on any atom is 3.00 e. The van der Waals surface area contributed by atoms with Crippen LogP contribution in [-0.2, 0) is 19.5 Å². The number of nitrogens with zero attached hydrogens (tertiary/aromatic N) is 6. The van der Waals surface area contributed by atoms with Crippen molar-refractivity contribution in [3.63, 3.8) is 0 Å². The predicted octanol–water partition coefficient (Wildman–Crippen LogP) is -8.14. The van der Waals surface area contributed by atoms with E-state index >= 15 is 0 Å². The number of hydrogen-bond donors (Lipinski definition) is 6. The third kappa shape index (κ3) is 13300000. The average molecular weight is 454 g/mol. The molecule has 0 atom stereocenters. The molecule has 0 saturated heterocycles. The summed E-state index contributed by atoms with van der Waals surface area (Å²) >= 11 is 0. The Morgan fingerprint density at radius 3 is 0.364 bits per heavy atom. The summed E-state index contributed by atoms with van der Waals surface area (Å²) in [6.07, 6.45) is 0. The van der Waals surface area contributed by atoms with Crippen molar-refractivity contribution in [3.8, 4) is 0 Å². The molecule has 0 spiro atoms. The van der Waals surface area contributed by atoms with Crippen molar-refractivity contribution in [2.75, 3.05) is 0 Å². The molecule has 0 aliphatic carbocycles. The minimum absolute atomic E-state index is 0. The summed E-state index contributed by atoms with van der Waals surface area (Å²) in [5, 5.41) is 47.3. The molecular formula is H6N6Na3O12Rh+6. The van der Waals surface area contributed by atoms with Gasteiger partial charge in [-0.1, -0.05) is 0 Å². The zero-order valence-electron chi connectivity index (χ0n) is 11.1. The molecule has 18 nitrogen and oxygen atoms in total. The fourth-order valence-corrected chi connectivity index (χ4v) is 0. The Morgan fingerprint density at radius 1 is 0.364 bits per heavy atom. The SMILES string of the molecule is O=NO.O=NO.O=NO.O=NO.O=NO.O=NO.[Na+].[Na+].[Na+].[Rh+3]. The van der Waals surface area contributed by atoms with Crippen LogP contribution in [0, 0.1) is 29.4 Å². The van der Waals surface area contributed by atoms with Crippen LogP contribution < -0.4 is 88.7 Å². The maximum absolute atomic E-state index is 8.11. The zero-order chi connectivity index (χ0) is 16.2. The van der Waals surface area contributed by atoms with E-state index in [1.165, 1.54) is 32.0 Å². The molecule has 0 unspecified atom stereocenters. The van der Waals surface area contributed by atoms with Crippen LogP contribution in [0.1, 0.15) is 0 Å². The van der Waals surface area contributed by atoms with Crippen molar-refractivity contribution in [2.24, 2.45) is 32.0 Å². The summed E-state index contributed by atoms with van der Waals surface area (Å²) in [6.45, 7) is 0. The van der Waals surface area contributed by atoms with E-state index in [0.717, 1.165) is 0 Å². The summed E-state index contributed by atoms with van der Waals surface area (Å²) in [6, 6.07) is 0. The molecule has 0 radical (unpaired) electrons. The smallest absolute Gasteiger partial charge is 0.379 e. The first-order valence-corrected chi connectivity index (χ1v) is 2.30. The molecule has 0 fully saturated rings. The van der Waals surface area contributed by atoms with E-state index in [0.29, 0.717) is 0 Å². The van der Waals surface area contributed by atoms with Crippen molar-refractivity contribution >= 4 is 0 Å². The molecule has 0 aliphatic heterocycles. The monoisotopic (exact) mass is 454 g/mol. The first-order valence-electron chi connectivity index (χ1n) is 2.30. The minimum Gasteiger partial charge on any atom is -0.379 e. The van der Waals surface area contributed by atoms with Gasteiger partial charge in [-0.05, 0) is 0 Å². The van der Waals surface area contributed by atoms with E-state index in [1.807, 2.05) is 0 Å². The molecule has 0 aromatic heterocycles. The number of rotatable bonds is 0. The van der Waals surface area contributed by atoms with Crippen LogP contribution in [0.4, 0.5) is 0 Å². The van der Waals surface area contributed by atoms with Gasteiger partial charge in [0.15, 0.2) is 32.0 Å². The van der Waals surface area contributed by atoms with Gasteiger partial charge in [0.2, 0.25) is 0 Å². The summed E-state index contributed by atoms with van der Waals surface area (Å²) in [7, 11) is 0. The van der Waals surface area contributed by atoms with E-state index in [9.17, 15) is 0 Å². The maximum atomic E-state index is 8.11. The van der Waals surface area contributed by atoms with Crippen molar-refractivity contribution < 1.29 is 139 Å². The summed E-state index contributed by atoms with van der Waals surface area (Å²) < 4.78 is 0. The van der Waals surface area contributed by atoms with Crippen molar-refractivity contribution in [1.82, 2.24) is 0 Å². The molecule has 0 aliphatic rings. The molecule has 0 aromatic rings. The average Bonchev–Trinajstić information content (AvgIpc) is 2.23. The molecule has 0 aromatic carbocycles. The van der Waals surface area contributed by atoms with Gasteiger partial charge in [0.25, 0.3) is 0 Å². The van der Waals surface area contributed by atoms with Crippen molar-refractivity contribution in [2.45, 2.75) is 0 Å². The molecule has 0 saturated carbocycles. The Labute approximate surface area is 198 Å². The van der Waals surface area contributed by atoms with Crippen LogP contribution >= 0.6 is 0 Å². The second-order valence-electron chi connectivity index (χ2n) is 0.490. The van der Waals surface area contributed by atoms with Crippen LogP contribution in [0.3, 0.4) is 0 Å². The Balaban J connectivity index is -0.00000000947. The molecule has 0 amide bonds. The third-order valence-corrected chi connectivity index (χ3v) is 0. The zero-order valence-corrected chi connectivity index (χ0v) is 18.8. The molecule has 22 heavy (non-hydrogen) atoms. The summed E-state index contributed by atoms with van der Waals surface area (Å²) in [5.74, 6) is 0. The quantitative estimate of drug-likeness (QED) is 0.113.